The zero-order valence-corrected chi connectivity index (χ0v) is 20.2. The molecule has 3 aliphatic rings. The number of hydrogen-bond donors (Lipinski definition) is 2. The van der Waals surface area contributed by atoms with Gasteiger partial charge in [-0.25, -0.2) is 13.1 Å². The molecule has 2 aromatic rings. The van der Waals surface area contributed by atoms with E-state index in [9.17, 15) is 18.0 Å². The molecule has 1 saturated carbocycles. The summed E-state index contributed by atoms with van der Waals surface area (Å²) >= 11 is 0. The molecule has 0 unspecified atom stereocenters. The van der Waals surface area contributed by atoms with Crippen LogP contribution in [0.15, 0.2) is 47.4 Å². The molecule has 34 heavy (non-hydrogen) atoms. The maximum absolute atomic E-state index is 12.9. The van der Waals surface area contributed by atoms with Crippen molar-refractivity contribution in [3.05, 3.63) is 59.2 Å². The number of nitrogens with zero attached hydrogens (tertiary/aromatic N) is 1. The minimum absolute atomic E-state index is 0.0194. The first-order chi connectivity index (χ1) is 16.3. The van der Waals surface area contributed by atoms with E-state index in [0.29, 0.717) is 6.42 Å². The van der Waals surface area contributed by atoms with Gasteiger partial charge in [0.05, 0.1) is 10.9 Å². The molecule has 2 aromatic carbocycles. The van der Waals surface area contributed by atoms with Crippen molar-refractivity contribution in [1.82, 2.24) is 10.0 Å². The largest absolute Gasteiger partial charge is 0.349 e. The van der Waals surface area contributed by atoms with Gasteiger partial charge in [0.2, 0.25) is 21.8 Å². The maximum Gasteiger partial charge on any atom is 0.240 e. The van der Waals surface area contributed by atoms with Crippen LogP contribution in [0.4, 0.5) is 5.69 Å². The Kier molecular flexibility index (Phi) is 6.20. The second-order valence-corrected chi connectivity index (χ2v) is 11.5. The van der Waals surface area contributed by atoms with Crippen LogP contribution in [-0.4, -0.2) is 32.8 Å². The lowest BCUT2D eigenvalue weighted by atomic mass is 9.88. The molecule has 0 bridgehead atoms. The fraction of sp³-hybridized carbons (Fsp3) is 0.462. The molecule has 2 amide bonds. The molecule has 8 heteroatoms. The Labute approximate surface area is 201 Å². The smallest absolute Gasteiger partial charge is 0.240 e. The third-order valence-corrected chi connectivity index (χ3v) is 8.55. The molecule has 0 radical (unpaired) electrons. The van der Waals surface area contributed by atoms with Crippen LogP contribution in [0.25, 0.3) is 0 Å². The van der Waals surface area contributed by atoms with Crippen molar-refractivity contribution in [2.45, 2.75) is 68.8 Å². The molecule has 1 heterocycles. The Morgan fingerprint density at radius 2 is 1.85 bits per heavy atom. The van der Waals surface area contributed by atoms with E-state index in [-0.39, 0.29) is 47.7 Å². The summed E-state index contributed by atoms with van der Waals surface area (Å²) in [5.74, 6) is 0.0970. The lowest BCUT2D eigenvalue weighted by Crippen LogP contribution is -2.36. The molecule has 5 rings (SSSR count). The normalized spacial score (nSPS) is 21.6. The number of amides is 2. The van der Waals surface area contributed by atoms with Gasteiger partial charge in [-0.3, -0.25) is 9.59 Å². The predicted octanol–water partition coefficient (Wildman–Crippen LogP) is 3.24. The first kappa shape index (κ1) is 23.1. The predicted molar refractivity (Wildman–Crippen MR) is 130 cm³/mol. The summed E-state index contributed by atoms with van der Waals surface area (Å²) in [6, 6.07) is 13.1. The molecule has 2 aliphatic carbocycles. The minimum Gasteiger partial charge on any atom is -0.349 e. The second-order valence-electron chi connectivity index (χ2n) is 9.69. The van der Waals surface area contributed by atoms with Crippen LogP contribution in [0.2, 0.25) is 0 Å². The first-order valence-electron chi connectivity index (χ1n) is 12.2. The zero-order valence-electron chi connectivity index (χ0n) is 19.4. The summed E-state index contributed by atoms with van der Waals surface area (Å²) in [4.78, 5) is 27.1. The van der Waals surface area contributed by atoms with Crippen molar-refractivity contribution in [3.8, 4) is 0 Å². The van der Waals surface area contributed by atoms with Gasteiger partial charge in [-0.2, -0.15) is 0 Å². The fourth-order valence-corrected chi connectivity index (χ4v) is 6.27. The number of fused-ring (bicyclic) bond motifs is 2. The highest BCUT2D eigenvalue weighted by atomic mass is 32.2. The van der Waals surface area contributed by atoms with Crippen molar-refractivity contribution in [2.24, 2.45) is 5.92 Å². The number of carbonyl (C=O) groups excluding carboxylic acids is 2. The van der Waals surface area contributed by atoms with E-state index in [2.05, 4.69) is 22.2 Å². The lowest BCUT2D eigenvalue weighted by molar-refractivity contribution is -0.122. The van der Waals surface area contributed by atoms with Gasteiger partial charge in [0.1, 0.15) is 0 Å². The number of benzene rings is 2. The van der Waals surface area contributed by atoms with E-state index >= 15 is 0 Å². The van der Waals surface area contributed by atoms with Crippen LogP contribution in [-0.2, 0) is 32.5 Å². The summed E-state index contributed by atoms with van der Waals surface area (Å²) < 4.78 is 28.3. The maximum atomic E-state index is 12.9. The number of carbonyl (C=O) groups is 2. The van der Waals surface area contributed by atoms with Gasteiger partial charge in [-0.05, 0) is 80.3 Å². The van der Waals surface area contributed by atoms with Crippen molar-refractivity contribution < 1.29 is 18.0 Å². The van der Waals surface area contributed by atoms with E-state index in [0.717, 1.165) is 48.9 Å². The highest BCUT2D eigenvalue weighted by molar-refractivity contribution is 7.89. The Bertz CT molecular complexity index is 1220. The number of rotatable bonds is 7. The Balaban J connectivity index is 1.19. The molecule has 180 valence electrons. The number of nitrogens with one attached hydrogen (secondary N) is 2. The molecule has 2 N–H and O–H groups in total. The quantitative estimate of drug-likeness (QED) is 0.635. The highest BCUT2D eigenvalue weighted by Crippen LogP contribution is 2.39. The molecule has 1 fully saturated rings. The van der Waals surface area contributed by atoms with Gasteiger partial charge in [-0.1, -0.05) is 24.3 Å². The molecule has 2 atom stereocenters. The first-order valence-corrected chi connectivity index (χ1v) is 13.6. The summed E-state index contributed by atoms with van der Waals surface area (Å²) in [5, 5.41) is 3.06. The van der Waals surface area contributed by atoms with Crippen LogP contribution in [0.1, 0.15) is 61.8 Å². The van der Waals surface area contributed by atoms with E-state index in [1.807, 2.05) is 24.0 Å². The number of hydrogen-bond acceptors (Lipinski definition) is 4. The summed E-state index contributed by atoms with van der Waals surface area (Å²) in [6.45, 7) is 2.03. The molecular formula is C26H31N3O4S. The Hall–Kier alpha value is -2.71. The van der Waals surface area contributed by atoms with Crippen LogP contribution in [0.5, 0.6) is 0 Å². The van der Waals surface area contributed by atoms with Crippen LogP contribution < -0.4 is 14.9 Å². The molecule has 7 nitrogen and oxygen atoms in total. The van der Waals surface area contributed by atoms with Gasteiger partial charge in [0.15, 0.2) is 0 Å². The Morgan fingerprint density at radius 1 is 1.06 bits per heavy atom. The molecule has 0 aromatic heterocycles. The highest BCUT2D eigenvalue weighted by Gasteiger charge is 2.39. The van der Waals surface area contributed by atoms with Gasteiger partial charge in [0, 0.05) is 30.6 Å². The van der Waals surface area contributed by atoms with Gasteiger partial charge in [-0.15, -0.1) is 0 Å². The van der Waals surface area contributed by atoms with E-state index < -0.39 is 10.0 Å². The van der Waals surface area contributed by atoms with Crippen LogP contribution in [0.3, 0.4) is 0 Å². The van der Waals surface area contributed by atoms with Crippen molar-refractivity contribution in [1.29, 1.82) is 0 Å². The summed E-state index contributed by atoms with van der Waals surface area (Å²) in [5.41, 5.74) is 4.11. The number of aryl methyl sites for hydroxylation is 1. The average molecular weight is 482 g/mol. The minimum atomic E-state index is -3.75. The van der Waals surface area contributed by atoms with Gasteiger partial charge in [0.25, 0.3) is 0 Å². The van der Waals surface area contributed by atoms with Crippen molar-refractivity contribution >= 4 is 27.5 Å². The molecule has 0 saturated heterocycles. The number of anilines is 1. The third kappa shape index (κ3) is 4.61. The average Bonchev–Trinajstić information content (AvgIpc) is 3.61. The monoisotopic (exact) mass is 481 g/mol. The molecule has 0 spiro atoms. The molecular weight excluding hydrogens is 450 g/mol. The summed E-state index contributed by atoms with van der Waals surface area (Å²) in [6.07, 6.45) is 5.53. The Morgan fingerprint density at radius 3 is 2.65 bits per heavy atom. The SMILES string of the molecule is C[C@@H]1Cc2cc(S(=O)(=O)NCCC(=O)N[C@H]3CCCc4ccccc43)ccc2N1C(=O)C1CC1. The van der Waals surface area contributed by atoms with E-state index in [4.69, 9.17) is 0 Å². The lowest BCUT2D eigenvalue weighted by Gasteiger charge is -2.26. The molecule has 1 aliphatic heterocycles. The number of sulfonamides is 1. The fourth-order valence-electron chi connectivity index (χ4n) is 5.19. The van der Waals surface area contributed by atoms with Crippen molar-refractivity contribution in [2.75, 3.05) is 11.4 Å². The topological polar surface area (TPSA) is 95.6 Å². The van der Waals surface area contributed by atoms with E-state index in [1.165, 1.54) is 5.56 Å². The van der Waals surface area contributed by atoms with Crippen LogP contribution in [0, 0.1) is 5.92 Å². The standard InChI is InChI=1S/C26H31N3O4S/c1-17-15-20-16-21(11-12-24(20)29(17)26(31)19-9-10-19)34(32,33)27-14-13-25(30)28-23-8-4-6-18-5-2-3-7-22(18)23/h2-3,5,7,11-12,16-17,19,23,27H,4,6,8-10,13-15H2,1H3,(H,28,30)/t17-,23+/m1/s1. The van der Waals surface area contributed by atoms with Gasteiger partial charge < -0.3 is 10.2 Å². The van der Waals surface area contributed by atoms with Crippen LogP contribution >= 0.6 is 0 Å². The van der Waals surface area contributed by atoms with E-state index in [1.54, 1.807) is 18.2 Å². The second kappa shape index (κ2) is 9.15. The third-order valence-electron chi connectivity index (χ3n) is 7.09. The zero-order chi connectivity index (χ0) is 23.9. The van der Waals surface area contributed by atoms with Crippen molar-refractivity contribution in [3.63, 3.8) is 0 Å². The van der Waals surface area contributed by atoms with Gasteiger partial charge >= 0.3 is 0 Å². The summed E-state index contributed by atoms with van der Waals surface area (Å²) in [7, 11) is -3.75.